The number of unbranched alkanes of at least 4 members (excludes halogenated alkanes) is 2. The Labute approximate surface area is 148 Å². The number of thiazole rings is 1. The second-order valence-corrected chi connectivity index (χ2v) is 7.25. The predicted octanol–water partition coefficient (Wildman–Crippen LogP) is 2.41. The van der Waals surface area contributed by atoms with E-state index in [1.54, 1.807) is 0 Å². The zero-order chi connectivity index (χ0) is 17.4. The van der Waals surface area contributed by atoms with Crippen molar-refractivity contribution in [2.24, 2.45) is 5.92 Å². The van der Waals surface area contributed by atoms with E-state index >= 15 is 0 Å². The van der Waals surface area contributed by atoms with Crippen LogP contribution in [0.25, 0.3) is 0 Å². The molecule has 134 valence electrons. The first-order valence-corrected chi connectivity index (χ1v) is 9.68. The van der Waals surface area contributed by atoms with E-state index in [9.17, 15) is 9.59 Å². The fourth-order valence-corrected chi connectivity index (χ4v) is 3.56. The van der Waals surface area contributed by atoms with Crippen LogP contribution in [0.1, 0.15) is 44.7 Å². The zero-order valence-electron chi connectivity index (χ0n) is 14.6. The molecule has 2 N–H and O–H groups in total. The van der Waals surface area contributed by atoms with Gasteiger partial charge in [0.2, 0.25) is 11.8 Å². The normalized spacial score (nSPS) is 16.1. The second-order valence-electron chi connectivity index (χ2n) is 6.39. The molecule has 0 spiro atoms. The molecule has 1 aromatic heterocycles. The molecule has 0 saturated carbocycles. The number of amides is 2. The first kappa shape index (κ1) is 18.9. The highest BCUT2D eigenvalue weighted by molar-refractivity contribution is 7.13. The molecule has 0 radical (unpaired) electrons. The molecule has 1 saturated heterocycles. The lowest BCUT2D eigenvalue weighted by Gasteiger charge is -2.30. The lowest BCUT2D eigenvalue weighted by atomic mass is 9.96. The van der Waals surface area contributed by atoms with Crippen molar-refractivity contribution in [1.82, 2.24) is 15.2 Å². The van der Waals surface area contributed by atoms with Crippen LogP contribution in [-0.4, -0.2) is 47.9 Å². The van der Waals surface area contributed by atoms with Crippen molar-refractivity contribution in [1.29, 1.82) is 0 Å². The Bertz CT molecular complexity index is 538. The Kier molecular flexibility index (Phi) is 7.65. The summed E-state index contributed by atoms with van der Waals surface area (Å²) in [6.07, 6.45) is 5.02. The molecule has 6 nitrogen and oxygen atoms in total. The Hall–Kier alpha value is -1.47. The van der Waals surface area contributed by atoms with E-state index < -0.39 is 0 Å². The Morgan fingerprint density at radius 1 is 1.33 bits per heavy atom. The summed E-state index contributed by atoms with van der Waals surface area (Å²) in [5.41, 5.74) is 0.918. The first-order valence-electron chi connectivity index (χ1n) is 8.80. The highest BCUT2D eigenvalue weighted by atomic mass is 32.1. The maximum Gasteiger partial charge on any atom is 0.240 e. The average Bonchev–Trinajstić information content (AvgIpc) is 2.97. The Morgan fingerprint density at radius 3 is 2.71 bits per heavy atom. The number of anilines is 1. The topological polar surface area (TPSA) is 74.3 Å². The summed E-state index contributed by atoms with van der Waals surface area (Å²) in [6.45, 7) is 6.79. The van der Waals surface area contributed by atoms with Crippen LogP contribution >= 0.6 is 11.3 Å². The molecule has 0 aliphatic carbocycles. The minimum absolute atomic E-state index is 0.0354. The second kappa shape index (κ2) is 9.74. The summed E-state index contributed by atoms with van der Waals surface area (Å²) < 4.78 is 0. The molecule has 1 aliphatic heterocycles. The molecule has 1 fully saturated rings. The monoisotopic (exact) mass is 352 g/mol. The number of nitrogens with one attached hydrogen (secondary N) is 2. The van der Waals surface area contributed by atoms with E-state index in [4.69, 9.17) is 0 Å². The third-order valence-corrected chi connectivity index (χ3v) is 5.15. The minimum atomic E-state index is -0.0354. The standard InChI is InChI=1S/C17H28N4O2S/c1-3-4-5-8-18-16(23)14-6-9-21(10-7-14)11-15(22)20-17-19-13(2)12-24-17/h12,14H,3-11H2,1-2H3,(H,18,23)(H,19,20,22). The van der Waals surface area contributed by atoms with E-state index in [1.807, 2.05) is 12.3 Å². The molecule has 1 aliphatic rings. The smallest absolute Gasteiger partial charge is 0.240 e. The van der Waals surface area contributed by atoms with Crippen molar-refractivity contribution in [2.45, 2.75) is 46.0 Å². The van der Waals surface area contributed by atoms with Gasteiger partial charge in [-0.2, -0.15) is 0 Å². The van der Waals surface area contributed by atoms with E-state index in [1.165, 1.54) is 11.3 Å². The van der Waals surface area contributed by atoms with Crippen LogP contribution in [0.3, 0.4) is 0 Å². The summed E-state index contributed by atoms with van der Waals surface area (Å²) in [7, 11) is 0. The van der Waals surface area contributed by atoms with Crippen LogP contribution in [0.15, 0.2) is 5.38 Å². The fourth-order valence-electron chi connectivity index (χ4n) is 2.86. The van der Waals surface area contributed by atoms with Crippen LogP contribution in [0.5, 0.6) is 0 Å². The molecule has 0 bridgehead atoms. The molecule has 7 heteroatoms. The fraction of sp³-hybridized carbons (Fsp3) is 0.706. The maximum absolute atomic E-state index is 12.1. The van der Waals surface area contributed by atoms with Crippen molar-refractivity contribution in [2.75, 3.05) is 31.5 Å². The van der Waals surface area contributed by atoms with E-state index in [0.717, 1.165) is 57.4 Å². The van der Waals surface area contributed by atoms with Gasteiger partial charge in [-0.25, -0.2) is 4.98 Å². The molecule has 1 aromatic rings. The SMILES string of the molecule is CCCCCNC(=O)C1CCN(CC(=O)Nc2nc(C)cs2)CC1. The number of hydrogen-bond acceptors (Lipinski definition) is 5. The van der Waals surface area contributed by atoms with Crippen molar-refractivity contribution in [3.63, 3.8) is 0 Å². The Morgan fingerprint density at radius 2 is 2.08 bits per heavy atom. The number of piperidine rings is 1. The van der Waals surface area contributed by atoms with Gasteiger partial charge in [-0.1, -0.05) is 19.8 Å². The molecule has 2 heterocycles. The molecule has 0 aromatic carbocycles. The van der Waals surface area contributed by atoms with Gasteiger partial charge in [0, 0.05) is 17.8 Å². The number of carbonyl (C=O) groups is 2. The average molecular weight is 353 g/mol. The molecule has 24 heavy (non-hydrogen) atoms. The molecular formula is C17H28N4O2S. The van der Waals surface area contributed by atoms with Crippen molar-refractivity contribution >= 4 is 28.3 Å². The number of carbonyl (C=O) groups excluding carboxylic acids is 2. The highest BCUT2D eigenvalue weighted by Gasteiger charge is 2.25. The quantitative estimate of drug-likeness (QED) is 0.705. The number of aromatic nitrogens is 1. The number of rotatable bonds is 8. The van der Waals surface area contributed by atoms with Crippen molar-refractivity contribution in [3.8, 4) is 0 Å². The zero-order valence-corrected chi connectivity index (χ0v) is 15.5. The predicted molar refractivity (Wildman–Crippen MR) is 97.2 cm³/mol. The number of nitrogens with zero attached hydrogens (tertiary/aromatic N) is 2. The molecule has 0 unspecified atom stereocenters. The summed E-state index contributed by atoms with van der Waals surface area (Å²) in [5, 5.41) is 8.43. The first-order chi connectivity index (χ1) is 11.6. The van der Waals surface area contributed by atoms with Gasteiger partial charge in [0.25, 0.3) is 0 Å². The van der Waals surface area contributed by atoms with Crippen LogP contribution in [0.4, 0.5) is 5.13 Å². The molecule has 0 atom stereocenters. The van der Waals surface area contributed by atoms with Crippen LogP contribution in [0, 0.1) is 12.8 Å². The van der Waals surface area contributed by atoms with Gasteiger partial charge < -0.3 is 10.6 Å². The van der Waals surface area contributed by atoms with E-state index in [0.29, 0.717) is 11.7 Å². The lowest BCUT2D eigenvalue weighted by Crippen LogP contribution is -2.43. The third kappa shape index (κ3) is 6.20. The van der Waals surface area contributed by atoms with Gasteiger partial charge >= 0.3 is 0 Å². The van der Waals surface area contributed by atoms with Gasteiger partial charge in [0.1, 0.15) is 0 Å². The van der Waals surface area contributed by atoms with Crippen molar-refractivity contribution < 1.29 is 9.59 Å². The number of hydrogen-bond donors (Lipinski definition) is 2. The Balaban J connectivity index is 1.65. The van der Waals surface area contributed by atoms with E-state index in [-0.39, 0.29) is 17.7 Å². The number of aryl methyl sites for hydroxylation is 1. The lowest BCUT2D eigenvalue weighted by molar-refractivity contribution is -0.126. The van der Waals surface area contributed by atoms with Crippen LogP contribution in [-0.2, 0) is 9.59 Å². The van der Waals surface area contributed by atoms with Gasteiger partial charge in [-0.3, -0.25) is 14.5 Å². The molecular weight excluding hydrogens is 324 g/mol. The van der Waals surface area contributed by atoms with E-state index in [2.05, 4.69) is 27.4 Å². The number of likely N-dealkylation sites (tertiary alicyclic amines) is 1. The summed E-state index contributed by atoms with van der Waals surface area (Å²) in [4.78, 5) is 30.5. The van der Waals surface area contributed by atoms with Gasteiger partial charge in [-0.15, -0.1) is 11.3 Å². The summed E-state index contributed by atoms with van der Waals surface area (Å²) in [6, 6.07) is 0. The largest absolute Gasteiger partial charge is 0.356 e. The highest BCUT2D eigenvalue weighted by Crippen LogP contribution is 2.18. The van der Waals surface area contributed by atoms with Gasteiger partial charge in [0.05, 0.1) is 12.2 Å². The van der Waals surface area contributed by atoms with Crippen LogP contribution < -0.4 is 10.6 Å². The minimum Gasteiger partial charge on any atom is -0.356 e. The summed E-state index contributed by atoms with van der Waals surface area (Å²) >= 11 is 1.44. The third-order valence-electron chi connectivity index (χ3n) is 4.27. The van der Waals surface area contributed by atoms with Gasteiger partial charge in [-0.05, 0) is 39.3 Å². The molecule has 2 amide bonds. The van der Waals surface area contributed by atoms with Crippen LogP contribution in [0.2, 0.25) is 0 Å². The maximum atomic E-state index is 12.1. The van der Waals surface area contributed by atoms with Crippen molar-refractivity contribution in [3.05, 3.63) is 11.1 Å². The summed E-state index contributed by atoms with van der Waals surface area (Å²) in [5.74, 6) is 0.229. The van der Waals surface area contributed by atoms with Gasteiger partial charge in [0.15, 0.2) is 5.13 Å². The molecule has 2 rings (SSSR count).